The first kappa shape index (κ1) is 15.8. The topological polar surface area (TPSA) is 90.9 Å². The second-order valence-corrected chi connectivity index (χ2v) is 5.38. The number of benzene rings is 1. The molecule has 1 aromatic carbocycles. The van der Waals surface area contributed by atoms with Gasteiger partial charge in [0.15, 0.2) is 11.6 Å². The fourth-order valence-corrected chi connectivity index (χ4v) is 2.44. The summed E-state index contributed by atoms with van der Waals surface area (Å²) in [5.74, 6) is 1.92. The van der Waals surface area contributed by atoms with Gasteiger partial charge in [-0.05, 0) is 51.1 Å². The zero-order valence-corrected chi connectivity index (χ0v) is 13.9. The molecule has 0 fully saturated rings. The molecule has 0 aliphatic heterocycles. The van der Waals surface area contributed by atoms with E-state index in [0.717, 1.165) is 22.8 Å². The highest BCUT2D eigenvalue weighted by atomic mass is 16.5. The molecule has 0 bridgehead atoms. The van der Waals surface area contributed by atoms with Gasteiger partial charge in [-0.15, -0.1) is 0 Å². The quantitative estimate of drug-likeness (QED) is 0.749. The third-order valence-corrected chi connectivity index (χ3v) is 3.50. The van der Waals surface area contributed by atoms with Crippen molar-refractivity contribution < 1.29 is 4.74 Å². The highest BCUT2D eigenvalue weighted by molar-refractivity contribution is 5.74. The maximum Gasteiger partial charge on any atom is 0.182 e. The molecule has 0 unspecified atom stereocenters. The van der Waals surface area contributed by atoms with E-state index in [1.165, 1.54) is 6.33 Å². The lowest BCUT2D eigenvalue weighted by Crippen LogP contribution is -2.09. The molecule has 3 rings (SSSR count). The van der Waals surface area contributed by atoms with Gasteiger partial charge in [-0.2, -0.15) is 5.10 Å². The van der Waals surface area contributed by atoms with Crippen LogP contribution in [0.15, 0.2) is 36.7 Å². The van der Waals surface area contributed by atoms with Crippen LogP contribution < -0.4 is 15.8 Å². The smallest absolute Gasteiger partial charge is 0.182 e. The molecule has 0 radical (unpaired) electrons. The van der Waals surface area contributed by atoms with E-state index in [4.69, 9.17) is 10.5 Å². The molecule has 24 heavy (non-hydrogen) atoms. The predicted octanol–water partition coefficient (Wildman–Crippen LogP) is 3.00. The summed E-state index contributed by atoms with van der Waals surface area (Å²) in [6.45, 7) is 6.48. The molecule has 0 amide bonds. The number of hydrogen-bond donors (Lipinski definition) is 2. The Bertz CT molecular complexity index is 841. The van der Waals surface area contributed by atoms with Gasteiger partial charge >= 0.3 is 0 Å². The molecule has 7 heteroatoms. The van der Waals surface area contributed by atoms with Gasteiger partial charge in [-0.1, -0.05) is 0 Å². The average molecular weight is 324 g/mol. The van der Waals surface area contributed by atoms with Crippen LogP contribution in [0.2, 0.25) is 0 Å². The molecule has 0 atom stereocenters. The standard InChI is InChI=1S/C17H20N6O/c1-4-24-14-7-5-13(6-8-14)21-16-15(18)17(20-10-19-16)23-12(3)9-11(2)22-23/h5-10H,4,18H2,1-3H3,(H,19,20,21). The van der Waals surface area contributed by atoms with E-state index >= 15 is 0 Å². The summed E-state index contributed by atoms with van der Waals surface area (Å²) < 4.78 is 7.16. The number of nitrogens with two attached hydrogens (primary N) is 1. The molecular formula is C17H20N6O. The number of nitrogen functional groups attached to an aromatic ring is 1. The first-order chi connectivity index (χ1) is 11.6. The minimum Gasteiger partial charge on any atom is -0.494 e. The zero-order valence-electron chi connectivity index (χ0n) is 13.9. The van der Waals surface area contributed by atoms with Crippen LogP contribution in [-0.4, -0.2) is 26.4 Å². The second-order valence-electron chi connectivity index (χ2n) is 5.38. The Balaban J connectivity index is 1.89. The van der Waals surface area contributed by atoms with Crippen LogP contribution in [0.4, 0.5) is 17.2 Å². The Morgan fingerprint density at radius 3 is 2.54 bits per heavy atom. The van der Waals surface area contributed by atoms with Crippen LogP contribution in [-0.2, 0) is 0 Å². The maximum absolute atomic E-state index is 6.25. The van der Waals surface area contributed by atoms with E-state index in [2.05, 4.69) is 20.4 Å². The summed E-state index contributed by atoms with van der Waals surface area (Å²) in [4.78, 5) is 8.50. The first-order valence-electron chi connectivity index (χ1n) is 7.72. The van der Waals surface area contributed by atoms with Crippen molar-refractivity contribution in [3.63, 3.8) is 0 Å². The van der Waals surface area contributed by atoms with Crippen LogP contribution in [0.25, 0.3) is 5.82 Å². The Morgan fingerprint density at radius 2 is 1.92 bits per heavy atom. The van der Waals surface area contributed by atoms with E-state index < -0.39 is 0 Å². The van der Waals surface area contributed by atoms with Crippen molar-refractivity contribution in [1.29, 1.82) is 0 Å². The summed E-state index contributed by atoms with van der Waals surface area (Å²) in [6, 6.07) is 9.59. The highest BCUT2D eigenvalue weighted by Crippen LogP contribution is 2.26. The van der Waals surface area contributed by atoms with Gasteiger partial charge < -0.3 is 15.8 Å². The third kappa shape index (κ3) is 3.15. The number of aryl methyl sites for hydroxylation is 2. The van der Waals surface area contributed by atoms with Gasteiger partial charge in [-0.25, -0.2) is 14.6 Å². The van der Waals surface area contributed by atoms with E-state index in [9.17, 15) is 0 Å². The fraction of sp³-hybridized carbons (Fsp3) is 0.235. The number of nitrogens with one attached hydrogen (secondary N) is 1. The Labute approximate surface area is 140 Å². The molecular weight excluding hydrogens is 304 g/mol. The van der Waals surface area contributed by atoms with Gasteiger partial charge in [0.1, 0.15) is 17.8 Å². The molecule has 3 N–H and O–H groups in total. The lowest BCUT2D eigenvalue weighted by molar-refractivity contribution is 0.340. The van der Waals surface area contributed by atoms with Crippen molar-refractivity contribution in [2.24, 2.45) is 0 Å². The van der Waals surface area contributed by atoms with Crippen molar-refractivity contribution in [1.82, 2.24) is 19.7 Å². The molecule has 0 saturated heterocycles. The molecule has 0 saturated carbocycles. The lowest BCUT2D eigenvalue weighted by Gasteiger charge is -2.12. The van der Waals surface area contributed by atoms with Crippen molar-refractivity contribution in [2.45, 2.75) is 20.8 Å². The molecule has 3 aromatic rings. The van der Waals surface area contributed by atoms with Gasteiger partial charge in [0.25, 0.3) is 0 Å². The first-order valence-corrected chi connectivity index (χ1v) is 7.72. The summed E-state index contributed by atoms with van der Waals surface area (Å²) in [7, 11) is 0. The van der Waals surface area contributed by atoms with Gasteiger partial charge in [0, 0.05) is 11.4 Å². The summed E-state index contributed by atoms with van der Waals surface area (Å²) in [5, 5.41) is 7.63. The van der Waals surface area contributed by atoms with Crippen LogP contribution in [0.5, 0.6) is 5.75 Å². The molecule has 0 aliphatic carbocycles. The number of rotatable bonds is 5. The minimum atomic E-state index is 0.442. The SMILES string of the molecule is CCOc1ccc(Nc2ncnc(-n3nc(C)cc3C)c2N)cc1. The van der Waals surface area contributed by atoms with Crippen LogP contribution in [0.3, 0.4) is 0 Å². The second kappa shape index (κ2) is 6.57. The normalized spacial score (nSPS) is 10.6. The zero-order chi connectivity index (χ0) is 17.1. The average Bonchev–Trinajstić information content (AvgIpc) is 2.90. The van der Waals surface area contributed by atoms with Crippen molar-refractivity contribution in [3.05, 3.63) is 48.0 Å². The maximum atomic E-state index is 6.25. The number of aromatic nitrogens is 4. The van der Waals surface area contributed by atoms with Gasteiger partial charge in [0.05, 0.1) is 12.3 Å². The monoisotopic (exact) mass is 324 g/mol. The van der Waals surface area contributed by atoms with Crippen LogP contribution in [0.1, 0.15) is 18.3 Å². The van der Waals surface area contributed by atoms with E-state index in [0.29, 0.717) is 23.9 Å². The molecule has 0 spiro atoms. The Kier molecular flexibility index (Phi) is 4.33. The summed E-state index contributed by atoms with van der Waals surface area (Å²) >= 11 is 0. The van der Waals surface area contributed by atoms with Crippen molar-refractivity contribution in [3.8, 4) is 11.6 Å². The van der Waals surface area contributed by atoms with Gasteiger partial charge in [0.2, 0.25) is 0 Å². The van der Waals surface area contributed by atoms with Crippen molar-refractivity contribution >= 4 is 17.2 Å². The molecule has 7 nitrogen and oxygen atoms in total. The largest absolute Gasteiger partial charge is 0.494 e. The fourth-order valence-electron chi connectivity index (χ4n) is 2.44. The number of ether oxygens (including phenoxy) is 1. The van der Waals surface area contributed by atoms with Crippen LogP contribution in [0, 0.1) is 13.8 Å². The molecule has 124 valence electrons. The molecule has 0 aliphatic rings. The van der Waals surface area contributed by atoms with Gasteiger partial charge in [-0.3, -0.25) is 0 Å². The number of nitrogens with zero attached hydrogens (tertiary/aromatic N) is 4. The number of anilines is 3. The van der Waals surface area contributed by atoms with E-state index in [1.54, 1.807) is 4.68 Å². The molecule has 2 aromatic heterocycles. The summed E-state index contributed by atoms with van der Waals surface area (Å²) in [5.41, 5.74) is 9.42. The minimum absolute atomic E-state index is 0.442. The Hall–Kier alpha value is -3.09. The van der Waals surface area contributed by atoms with Crippen LogP contribution >= 0.6 is 0 Å². The highest BCUT2D eigenvalue weighted by Gasteiger charge is 2.13. The number of hydrogen-bond acceptors (Lipinski definition) is 6. The van der Waals surface area contributed by atoms with E-state index in [1.807, 2.05) is 51.1 Å². The summed E-state index contributed by atoms with van der Waals surface area (Å²) in [6.07, 6.45) is 1.47. The third-order valence-electron chi connectivity index (χ3n) is 3.50. The predicted molar refractivity (Wildman–Crippen MR) is 93.9 cm³/mol. The lowest BCUT2D eigenvalue weighted by atomic mass is 10.3. The Morgan fingerprint density at radius 1 is 1.17 bits per heavy atom. The van der Waals surface area contributed by atoms with E-state index in [-0.39, 0.29) is 0 Å². The molecule has 2 heterocycles. The van der Waals surface area contributed by atoms with Crippen molar-refractivity contribution in [2.75, 3.05) is 17.7 Å².